The number of hydrogen-bond acceptors (Lipinski definition) is 2. The van der Waals surface area contributed by atoms with Gasteiger partial charge in [-0.15, -0.1) is 0 Å². The third-order valence-corrected chi connectivity index (χ3v) is 3.19. The molecule has 0 amide bonds. The van der Waals surface area contributed by atoms with E-state index in [2.05, 4.69) is 35.9 Å². The van der Waals surface area contributed by atoms with Crippen molar-refractivity contribution in [1.29, 1.82) is 0 Å². The zero-order chi connectivity index (χ0) is 11.6. The Hall–Kier alpha value is -0.500. The van der Waals surface area contributed by atoms with Crippen molar-refractivity contribution in [2.75, 3.05) is 26.3 Å². The van der Waals surface area contributed by atoms with Gasteiger partial charge >= 0.3 is 0 Å². The van der Waals surface area contributed by atoms with Gasteiger partial charge in [0.15, 0.2) is 0 Å². The molecule has 1 aliphatic rings. The van der Waals surface area contributed by atoms with Gasteiger partial charge in [0.1, 0.15) is 0 Å². The first-order valence-electron chi connectivity index (χ1n) is 7.00. The van der Waals surface area contributed by atoms with Crippen LogP contribution in [0.25, 0.3) is 0 Å². The summed E-state index contributed by atoms with van der Waals surface area (Å²) >= 11 is 0. The van der Waals surface area contributed by atoms with Gasteiger partial charge in [0.05, 0.1) is 6.67 Å². The first-order valence-corrected chi connectivity index (χ1v) is 7.00. The van der Waals surface area contributed by atoms with Crippen molar-refractivity contribution in [3.63, 3.8) is 0 Å². The molecule has 1 rings (SSSR count). The smallest absolute Gasteiger partial charge is 0.0704 e. The summed E-state index contributed by atoms with van der Waals surface area (Å²) in [6.07, 6.45) is 12.7. The second-order valence-corrected chi connectivity index (χ2v) is 4.83. The van der Waals surface area contributed by atoms with E-state index in [0.29, 0.717) is 0 Å². The summed E-state index contributed by atoms with van der Waals surface area (Å²) < 4.78 is 0. The normalized spacial score (nSPS) is 17.0. The van der Waals surface area contributed by atoms with Gasteiger partial charge < -0.3 is 4.90 Å². The fourth-order valence-corrected chi connectivity index (χ4v) is 2.16. The maximum atomic E-state index is 2.56. The van der Waals surface area contributed by atoms with Crippen LogP contribution in [0.5, 0.6) is 0 Å². The summed E-state index contributed by atoms with van der Waals surface area (Å²) in [5.74, 6) is 0. The molecule has 0 aliphatic carbocycles. The van der Waals surface area contributed by atoms with E-state index in [1.807, 2.05) is 0 Å². The molecule has 0 saturated carbocycles. The van der Waals surface area contributed by atoms with Crippen LogP contribution < -0.4 is 0 Å². The fraction of sp³-hybridized carbons (Fsp3) is 0.857. The molecule has 0 fully saturated rings. The Morgan fingerprint density at radius 2 is 1.62 bits per heavy atom. The second kappa shape index (κ2) is 8.63. The van der Waals surface area contributed by atoms with Crippen LogP contribution in [0.4, 0.5) is 0 Å². The van der Waals surface area contributed by atoms with Crippen molar-refractivity contribution < 1.29 is 0 Å². The van der Waals surface area contributed by atoms with Gasteiger partial charge in [0.2, 0.25) is 0 Å². The number of unbranched alkanes of at least 4 members (excludes halogenated alkanes) is 4. The van der Waals surface area contributed by atoms with E-state index in [0.717, 1.165) is 13.2 Å². The third-order valence-electron chi connectivity index (χ3n) is 3.19. The maximum Gasteiger partial charge on any atom is 0.0704 e. The number of nitrogens with zero attached hydrogens (tertiary/aromatic N) is 2. The van der Waals surface area contributed by atoms with Gasteiger partial charge in [0, 0.05) is 19.6 Å². The SMILES string of the molecule is CCCCCN1C=CCN(CCCCC)C1. The van der Waals surface area contributed by atoms with Crippen LogP contribution in [0.1, 0.15) is 52.4 Å². The molecular weight excluding hydrogens is 196 g/mol. The van der Waals surface area contributed by atoms with Gasteiger partial charge in [-0.3, -0.25) is 4.90 Å². The summed E-state index contributed by atoms with van der Waals surface area (Å²) in [6, 6.07) is 0. The minimum Gasteiger partial charge on any atom is -0.365 e. The molecule has 2 nitrogen and oxygen atoms in total. The molecule has 0 spiro atoms. The zero-order valence-corrected chi connectivity index (χ0v) is 11.1. The average Bonchev–Trinajstić information content (AvgIpc) is 2.30. The van der Waals surface area contributed by atoms with Crippen LogP contribution >= 0.6 is 0 Å². The minimum atomic E-state index is 1.14. The standard InChI is InChI=1S/C14H28N2/c1-3-5-7-10-15-12-9-13-16(14-15)11-8-6-4-2/h9,12H,3-8,10-11,13-14H2,1-2H3. The highest BCUT2D eigenvalue weighted by atomic mass is 15.3. The molecule has 0 aromatic rings. The molecule has 0 atom stereocenters. The van der Waals surface area contributed by atoms with Crippen molar-refractivity contribution in [1.82, 2.24) is 9.80 Å². The second-order valence-electron chi connectivity index (χ2n) is 4.83. The summed E-state index contributed by atoms with van der Waals surface area (Å²) in [6.45, 7) is 9.32. The molecule has 2 heteroatoms. The van der Waals surface area contributed by atoms with Gasteiger partial charge in [-0.1, -0.05) is 45.6 Å². The predicted octanol–water partition coefficient (Wildman–Crippen LogP) is 3.46. The Bertz CT molecular complexity index is 189. The topological polar surface area (TPSA) is 6.48 Å². The van der Waals surface area contributed by atoms with E-state index in [1.165, 1.54) is 51.6 Å². The van der Waals surface area contributed by atoms with Crippen molar-refractivity contribution in [2.24, 2.45) is 0 Å². The summed E-state index contributed by atoms with van der Waals surface area (Å²) in [4.78, 5) is 5.02. The first kappa shape index (κ1) is 13.6. The highest BCUT2D eigenvalue weighted by Gasteiger charge is 2.10. The quantitative estimate of drug-likeness (QED) is 0.583. The van der Waals surface area contributed by atoms with Gasteiger partial charge in [-0.2, -0.15) is 0 Å². The first-order chi connectivity index (χ1) is 7.86. The number of rotatable bonds is 8. The Labute approximate surface area is 101 Å². The van der Waals surface area contributed by atoms with Crippen LogP contribution in [0.2, 0.25) is 0 Å². The monoisotopic (exact) mass is 224 g/mol. The van der Waals surface area contributed by atoms with Gasteiger partial charge in [0.25, 0.3) is 0 Å². The molecule has 0 aromatic carbocycles. The van der Waals surface area contributed by atoms with Crippen molar-refractivity contribution in [2.45, 2.75) is 52.4 Å². The molecule has 0 unspecified atom stereocenters. The Morgan fingerprint density at radius 3 is 2.31 bits per heavy atom. The number of hydrogen-bond donors (Lipinski definition) is 0. The summed E-state index contributed by atoms with van der Waals surface area (Å²) in [5.41, 5.74) is 0. The van der Waals surface area contributed by atoms with Crippen LogP contribution in [-0.4, -0.2) is 36.1 Å². The molecular formula is C14H28N2. The van der Waals surface area contributed by atoms with Gasteiger partial charge in [-0.25, -0.2) is 0 Å². The molecule has 0 N–H and O–H groups in total. The molecule has 0 aromatic heterocycles. The van der Waals surface area contributed by atoms with E-state index in [-0.39, 0.29) is 0 Å². The van der Waals surface area contributed by atoms with E-state index < -0.39 is 0 Å². The Balaban J connectivity index is 2.14. The largest absolute Gasteiger partial charge is 0.365 e. The molecule has 94 valence electrons. The molecule has 1 aliphatic heterocycles. The van der Waals surface area contributed by atoms with Crippen LogP contribution in [-0.2, 0) is 0 Å². The molecule has 1 heterocycles. The molecule has 0 saturated heterocycles. The lowest BCUT2D eigenvalue weighted by Crippen LogP contribution is -2.39. The lowest BCUT2D eigenvalue weighted by atomic mass is 10.2. The summed E-state index contributed by atoms with van der Waals surface area (Å²) in [7, 11) is 0. The van der Waals surface area contributed by atoms with Crippen LogP contribution in [0.3, 0.4) is 0 Å². The van der Waals surface area contributed by atoms with Crippen molar-refractivity contribution in [3.05, 3.63) is 12.3 Å². The van der Waals surface area contributed by atoms with Gasteiger partial charge in [-0.05, 0) is 19.0 Å². The Morgan fingerprint density at radius 1 is 0.938 bits per heavy atom. The average molecular weight is 224 g/mol. The minimum absolute atomic E-state index is 1.14. The molecule has 0 bridgehead atoms. The molecule has 16 heavy (non-hydrogen) atoms. The Kier molecular flexibility index (Phi) is 7.32. The van der Waals surface area contributed by atoms with E-state index in [1.54, 1.807) is 0 Å². The highest BCUT2D eigenvalue weighted by Crippen LogP contribution is 2.07. The molecule has 0 radical (unpaired) electrons. The predicted molar refractivity (Wildman–Crippen MR) is 71.3 cm³/mol. The maximum absolute atomic E-state index is 2.56. The lowest BCUT2D eigenvalue weighted by molar-refractivity contribution is 0.165. The van der Waals surface area contributed by atoms with Crippen molar-refractivity contribution in [3.8, 4) is 0 Å². The summed E-state index contributed by atoms with van der Waals surface area (Å²) in [5, 5.41) is 0. The van der Waals surface area contributed by atoms with Crippen LogP contribution in [0.15, 0.2) is 12.3 Å². The lowest BCUT2D eigenvalue weighted by Gasteiger charge is -2.32. The van der Waals surface area contributed by atoms with E-state index >= 15 is 0 Å². The van der Waals surface area contributed by atoms with Crippen LogP contribution in [0, 0.1) is 0 Å². The fourth-order valence-electron chi connectivity index (χ4n) is 2.16. The van der Waals surface area contributed by atoms with E-state index in [9.17, 15) is 0 Å². The zero-order valence-electron chi connectivity index (χ0n) is 11.1. The van der Waals surface area contributed by atoms with E-state index in [4.69, 9.17) is 0 Å². The third kappa shape index (κ3) is 5.55. The highest BCUT2D eigenvalue weighted by molar-refractivity contribution is 4.90. The van der Waals surface area contributed by atoms with Crippen molar-refractivity contribution >= 4 is 0 Å².